The lowest BCUT2D eigenvalue weighted by Crippen LogP contribution is -2.62. The zero-order chi connectivity index (χ0) is 21.1. The number of benzene rings is 1. The van der Waals surface area contributed by atoms with E-state index in [0.29, 0.717) is 48.1 Å². The Hall–Kier alpha value is -1.79. The summed E-state index contributed by atoms with van der Waals surface area (Å²) in [7, 11) is 1.61. The van der Waals surface area contributed by atoms with Gasteiger partial charge in [-0.2, -0.15) is 0 Å². The zero-order valence-electron chi connectivity index (χ0n) is 18.5. The standard InChI is InChI=1S/C24H37N3O3/c1-3-5-20-6-4-7-21-19-12-17(15-27(20)21)14-26(16-19)24(28)18-8-9-22(29-2)23(13-18)30-11-10-25/h8-9,13,17,19-21H,3-7,10-12,14-16,25H2,1-2H3/t17-,19+,20-,21-/m0/s1. The monoisotopic (exact) mass is 415 g/mol. The molecule has 0 radical (unpaired) electrons. The van der Waals surface area contributed by atoms with Crippen LogP contribution < -0.4 is 15.2 Å². The fraction of sp³-hybridized carbons (Fsp3) is 0.708. The van der Waals surface area contributed by atoms with Crippen molar-refractivity contribution >= 4 is 5.91 Å². The number of fused-ring (bicyclic) bond motifs is 4. The van der Waals surface area contributed by atoms with E-state index in [1.54, 1.807) is 7.11 Å². The van der Waals surface area contributed by atoms with Crippen LogP contribution in [0.15, 0.2) is 18.2 Å². The van der Waals surface area contributed by atoms with Crippen molar-refractivity contribution in [2.45, 2.75) is 57.5 Å². The number of hydrogen-bond acceptors (Lipinski definition) is 5. The second kappa shape index (κ2) is 9.56. The number of nitrogens with two attached hydrogens (primary N) is 1. The van der Waals surface area contributed by atoms with Gasteiger partial charge in [-0.25, -0.2) is 0 Å². The number of ether oxygens (including phenoxy) is 2. The molecule has 1 aromatic carbocycles. The van der Waals surface area contributed by atoms with Crippen molar-refractivity contribution in [1.29, 1.82) is 0 Å². The Kier molecular flexibility index (Phi) is 6.84. The molecule has 4 rings (SSSR count). The molecule has 4 atom stereocenters. The van der Waals surface area contributed by atoms with E-state index in [0.717, 1.165) is 25.7 Å². The first-order valence-corrected chi connectivity index (χ1v) is 11.7. The van der Waals surface area contributed by atoms with E-state index in [9.17, 15) is 4.79 Å². The van der Waals surface area contributed by atoms with E-state index >= 15 is 0 Å². The largest absolute Gasteiger partial charge is 0.493 e. The summed E-state index contributed by atoms with van der Waals surface area (Å²) < 4.78 is 11.1. The van der Waals surface area contributed by atoms with Crippen molar-refractivity contribution in [2.75, 3.05) is 39.9 Å². The van der Waals surface area contributed by atoms with Gasteiger partial charge < -0.3 is 20.1 Å². The maximum absolute atomic E-state index is 13.4. The Morgan fingerprint density at radius 3 is 2.83 bits per heavy atom. The highest BCUT2D eigenvalue weighted by Crippen LogP contribution is 2.41. The maximum atomic E-state index is 13.4. The first-order chi connectivity index (χ1) is 14.6. The molecule has 0 spiro atoms. The Bertz CT molecular complexity index is 738. The Labute approximate surface area is 180 Å². The highest BCUT2D eigenvalue weighted by Gasteiger charge is 2.45. The molecular formula is C24H37N3O3. The quantitative estimate of drug-likeness (QED) is 0.741. The molecule has 0 unspecified atom stereocenters. The highest BCUT2D eigenvalue weighted by molar-refractivity contribution is 5.95. The number of methoxy groups -OCH3 is 1. The van der Waals surface area contributed by atoms with E-state index in [1.807, 2.05) is 18.2 Å². The van der Waals surface area contributed by atoms with E-state index in [4.69, 9.17) is 15.2 Å². The van der Waals surface area contributed by atoms with Crippen molar-refractivity contribution in [1.82, 2.24) is 9.80 Å². The Morgan fingerprint density at radius 2 is 2.07 bits per heavy atom. The fourth-order valence-corrected chi connectivity index (χ4v) is 5.99. The molecule has 1 aromatic rings. The summed E-state index contributed by atoms with van der Waals surface area (Å²) in [5.74, 6) is 2.53. The van der Waals surface area contributed by atoms with Crippen molar-refractivity contribution in [3.63, 3.8) is 0 Å². The molecule has 30 heavy (non-hydrogen) atoms. The number of piperidine rings is 3. The van der Waals surface area contributed by atoms with Gasteiger partial charge >= 0.3 is 0 Å². The van der Waals surface area contributed by atoms with Crippen LogP contribution in [-0.2, 0) is 0 Å². The third kappa shape index (κ3) is 4.30. The summed E-state index contributed by atoms with van der Waals surface area (Å²) in [4.78, 5) is 18.3. The summed E-state index contributed by atoms with van der Waals surface area (Å²) in [6.45, 7) is 6.02. The molecule has 2 N–H and O–H groups in total. The molecule has 0 saturated carbocycles. The van der Waals surface area contributed by atoms with Crippen LogP contribution in [0.4, 0.5) is 0 Å². The van der Waals surface area contributed by atoms with Gasteiger partial charge in [0.15, 0.2) is 11.5 Å². The number of amides is 1. The van der Waals surface area contributed by atoms with Crippen LogP contribution in [0.5, 0.6) is 11.5 Å². The lowest BCUT2D eigenvalue weighted by atomic mass is 9.74. The van der Waals surface area contributed by atoms with E-state index in [1.165, 1.54) is 38.5 Å². The predicted molar refractivity (Wildman–Crippen MR) is 118 cm³/mol. The van der Waals surface area contributed by atoms with Crippen LogP contribution in [0.1, 0.15) is 55.8 Å². The van der Waals surface area contributed by atoms with Gasteiger partial charge in [0.1, 0.15) is 6.61 Å². The lowest BCUT2D eigenvalue weighted by molar-refractivity contribution is -0.0519. The van der Waals surface area contributed by atoms with Crippen molar-refractivity contribution < 1.29 is 14.3 Å². The Morgan fingerprint density at radius 1 is 1.20 bits per heavy atom. The number of hydrogen-bond donors (Lipinski definition) is 1. The topological polar surface area (TPSA) is 68.0 Å². The maximum Gasteiger partial charge on any atom is 0.254 e. The summed E-state index contributed by atoms with van der Waals surface area (Å²) in [5, 5.41) is 0. The predicted octanol–water partition coefficient (Wildman–Crippen LogP) is 3.15. The van der Waals surface area contributed by atoms with Gasteiger partial charge in [-0.3, -0.25) is 9.69 Å². The van der Waals surface area contributed by atoms with Crippen molar-refractivity contribution in [2.24, 2.45) is 17.6 Å². The number of likely N-dealkylation sites (tertiary alicyclic amines) is 1. The first kappa shape index (κ1) is 21.4. The minimum Gasteiger partial charge on any atom is -0.493 e. The third-order valence-electron chi connectivity index (χ3n) is 7.21. The van der Waals surface area contributed by atoms with E-state index in [-0.39, 0.29) is 5.91 Å². The minimum atomic E-state index is 0.110. The molecule has 3 fully saturated rings. The van der Waals surface area contributed by atoms with Gasteiger partial charge in [-0.15, -0.1) is 0 Å². The van der Waals surface area contributed by atoms with Crippen molar-refractivity contribution in [3.05, 3.63) is 23.8 Å². The van der Waals surface area contributed by atoms with Gasteiger partial charge in [-0.05, 0) is 55.7 Å². The number of nitrogens with zero attached hydrogens (tertiary/aromatic N) is 2. The molecule has 2 bridgehead atoms. The summed E-state index contributed by atoms with van der Waals surface area (Å²) in [6, 6.07) is 6.89. The summed E-state index contributed by atoms with van der Waals surface area (Å²) in [6.07, 6.45) is 7.83. The van der Waals surface area contributed by atoms with Crippen LogP contribution >= 0.6 is 0 Å². The second-order valence-corrected chi connectivity index (χ2v) is 9.21. The third-order valence-corrected chi connectivity index (χ3v) is 7.21. The second-order valence-electron chi connectivity index (χ2n) is 9.21. The molecule has 3 saturated heterocycles. The molecule has 0 aliphatic carbocycles. The lowest BCUT2D eigenvalue weighted by Gasteiger charge is -2.55. The minimum absolute atomic E-state index is 0.110. The van der Waals surface area contributed by atoms with Crippen molar-refractivity contribution in [3.8, 4) is 11.5 Å². The molecular weight excluding hydrogens is 378 g/mol. The van der Waals surface area contributed by atoms with Crippen LogP contribution in [0.25, 0.3) is 0 Å². The van der Waals surface area contributed by atoms with Gasteiger partial charge in [0, 0.05) is 43.8 Å². The first-order valence-electron chi connectivity index (χ1n) is 11.7. The molecule has 166 valence electrons. The molecule has 1 amide bonds. The van der Waals surface area contributed by atoms with Crippen LogP contribution in [0.2, 0.25) is 0 Å². The van der Waals surface area contributed by atoms with Gasteiger partial charge in [0.2, 0.25) is 0 Å². The van der Waals surface area contributed by atoms with Crippen LogP contribution in [0, 0.1) is 11.8 Å². The zero-order valence-corrected chi connectivity index (χ0v) is 18.5. The van der Waals surface area contributed by atoms with E-state index < -0.39 is 0 Å². The Balaban J connectivity index is 1.48. The highest BCUT2D eigenvalue weighted by atomic mass is 16.5. The number of carbonyl (C=O) groups is 1. The normalized spacial score (nSPS) is 28.7. The van der Waals surface area contributed by atoms with E-state index in [2.05, 4.69) is 16.7 Å². The molecule has 6 nitrogen and oxygen atoms in total. The molecule has 3 aliphatic rings. The summed E-state index contributed by atoms with van der Waals surface area (Å²) in [5.41, 5.74) is 6.25. The molecule has 0 aromatic heterocycles. The van der Waals surface area contributed by atoms with Crippen LogP contribution in [0.3, 0.4) is 0 Å². The average molecular weight is 416 g/mol. The van der Waals surface area contributed by atoms with Crippen LogP contribution in [-0.4, -0.2) is 67.7 Å². The SMILES string of the molecule is CCC[C@H]1CCC[C@H]2[C@@H]3C[C@@H](CN(C(=O)c4ccc(OC)c(OCCN)c4)C3)CN12. The van der Waals surface area contributed by atoms with Gasteiger partial charge in [0.25, 0.3) is 5.91 Å². The summed E-state index contributed by atoms with van der Waals surface area (Å²) >= 11 is 0. The molecule has 3 heterocycles. The molecule has 6 heteroatoms. The van der Waals surface area contributed by atoms with Gasteiger partial charge in [0.05, 0.1) is 7.11 Å². The number of carbonyl (C=O) groups excluding carboxylic acids is 1. The molecule has 3 aliphatic heterocycles. The average Bonchev–Trinajstić information content (AvgIpc) is 2.77. The smallest absolute Gasteiger partial charge is 0.254 e. The fourth-order valence-electron chi connectivity index (χ4n) is 5.99. The van der Waals surface area contributed by atoms with Gasteiger partial charge in [-0.1, -0.05) is 19.8 Å². The number of rotatable bonds is 7.